The van der Waals surface area contributed by atoms with Crippen LogP contribution in [0, 0.1) is 5.92 Å². The highest BCUT2D eigenvalue weighted by molar-refractivity contribution is 5.96. The Morgan fingerprint density at radius 1 is 1.09 bits per heavy atom. The van der Waals surface area contributed by atoms with E-state index in [4.69, 9.17) is 10.8 Å². The van der Waals surface area contributed by atoms with Crippen molar-refractivity contribution < 1.29 is 19.5 Å². The van der Waals surface area contributed by atoms with Crippen LogP contribution in [0.2, 0.25) is 0 Å². The van der Waals surface area contributed by atoms with Crippen molar-refractivity contribution in [3.8, 4) is 0 Å². The van der Waals surface area contributed by atoms with Crippen LogP contribution >= 0.6 is 0 Å². The zero-order valence-electron chi connectivity index (χ0n) is 13.0. The molecule has 0 saturated heterocycles. The maximum absolute atomic E-state index is 12.3. The number of rotatable bonds is 6. The molecular formula is C17H22N2O4. The summed E-state index contributed by atoms with van der Waals surface area (Å²) in [5.41, 5.74) is 5.81. The van der Waals surface area contributed by atoms with Crippen LogP contribution in [0.5, 0.6) is 0 Å². The van der Waals surface area contributed by atoms with Gasteiger partial charge in [-0.25, -0.2) is 4.79 Å². The number of hydrogen-bond acceptors (Lipinski definition) is 3. The number of nitrogens with one attached hydrogen (secondary N) is 1. The molecule has 1 aromatic carbocycles. The molecule has 2 amide bonds. The number of nitrogens with two attached hydrogens (primary N) is 1. The molecule has 1 aliphatic carbocycles. The fraction of sp³-hybridized carbons (Fsp3) is 0.471. The highest BCUT2D eigenvalue weighted by Crippen LogP contribution is 2.28. The van der Waals surface area contributed by atoms with Gasteiger partial charge in [-0.2, -0.15) is 0 Å². The Balaban J connectivity index is 2.06. The van der Waals surface area contributed by atoms with E-state index < -0.39 is 11.9 Å². The average molecular weight is 318 g/mol. The molecule has 0 heterocycles. The molecule has 1 aliphatic rings. The van der Waals surface area contributed by atoms with Crippen molar-refractivity contribution in [2.24, 2.45) is 11.7 Å². The maximum Gasteiger partial charge on any atom is 0.335 e. The second-order valence-electron chi connectivity index (χ2n) is 6.03. The minimum atomic E-state index is -1.04. The summed E-state index contributed by atoms with van der Waals surface area (Å²) in [6.07, 6.45) is 5.48. The number of aromatic carboxylic acids is 1. The molecule has 6 nitrogen and oxygen atoms in total. The molecule has 6 heteroatoms. The highest BCUT2D eigenvalue weighted by atomic mass is 16.4. The topological polar surface area (TPSA) is 109 Å². The average Bonchev–Trinajstić information content (AvgIpc) is 2.54. The van der Waals surface area contributed by atoms with Crippen LogP contribution in [0.25, 0.3) is 0 Å². The van der Waals surface area contributed by atoms with Gasteiger partial charge in [0.05, 0.1) is 5.56 Å². The molecule has 124 valence electrons. The Bertz CT molecular complexity index is 577. The first-order valence-corrected chi connectivity index (χ1v) is 7.90. The zero-order chi connectivity index (χ0) is 16.8. The van der Waals surface area contributed by atoms with Crippen LogP contribution in [0.15, 0.2) is 24.3 Å². The smallest absolute Gasteiger partial charge is 0.335 e. The van der Waals surface area contributed by atoms with Crippen LogP contribution in [0.1, 0.15) is 59.2 Å². The molecule has 0 aliphatic heterocycles. The van der Waals surface area contributed by atoms with Crippen LogP contribution in [0.3, 0.4) is 0 Å². The minimum absolute atomic E-state index is 0.127. The van der Waals surface area contributed by atoms with Crippen molar-refractivity contribution in [3.05, 3.63) is 35.4 Å². The second-order valence-corrected chi connectivity index (χ2v) is 6.03. The quantitative estimate of drug-likeness (QED) is 0.744. The SMILES string of the molecule is NC(=O)CC(NC(=O)c1ccc(C(=O)O)cc1)C1CCCCC1. The van der Waals surface area contributed by atoms with Crippen molar-refractivity contribution in [3.63, 3.8) is 0 Å². The Hall–Kier alpha value is -2.37. The van der Waals surface area contributed by atoms with Gasteiger partial charge in [0.2, 0.25) is 5.91 Å². The van der Waals surface area contributed by atoms with Crippen molar-refractivity contribution in [1.82, 2.24) is 5.32 Å². The molecule has 23 heavy (non-hydrogen) atoms. The lowest BCUT2D eigenvalue weighted by Crippen LogP contribution is -2.43. The monoisotopic (exact) mass is 318 g/mol. The highest BCUT2D eigenvalue weighted by Gasteiger charge is 2.26. The number of benzene rings is 1. The molecule has 2 rings (SSSR count). The largest absolute Gasteiger partial charge is 0.478 e. The zero-order valence-corrected chi connectivity index (χ0v) is 13.0. The van der Waals surface area contributed by atoms with Crippen LogP contribution in [-0.2, 0) is 4.79 Å². The van der Waals surface area contributed by atoms with Gasteiger partial charge in [0, 0.05) is 18.0 Å². The van der Waals surface area contributed by atoms with E-state index in [0.717, 1.165) is 25.7 Å². The Morgan fingerprint density at radius 2 is 1.65 bits per heavy atom. The molecule has 1 aromatic rings. The number of amides is 2. The van der Waals surface area contributed by atoms with E-state index in [1.807, 2.05) is 0 Å². The third-order valence-electron chi connectivity index (χ3n) is 4.35. The number of carboxylic acids is 1. The van der Waals surface area contributed by atoms with Crippen LogP contribution < -0.4 is 11.1 Å². The summed E-state index contributed by atoms with van der Waals surface area (Å²) < 4.78 is 0. The lowest BCUT2D eigenvalue weighted by Gasteiger charge is -2.30. The number of primary amides is 1. The standard InChI is InChI=1S/C17H22N2O4/c18-15(20)10-14(11-4-2-1-3-5-11)19-16(21)12-6-8-13(9-7-12)17(22)23/h6-9,11,14H,1-5,10H2,(H2,18,20)(H,19,21)(H,22,23). The van der Waals surface area contributed by atoms with Gasteiger partial charge >= 0.3 is 5.97 Å². The molecule has 0 spiro atoms. The maximum atomic E-state index is 12.3. The number of carbonyl (C=O) groups is 3. The van der Waals surface area contributed by atoms with Crippen molar-refractivity contribution >= 4 is 17.8 Å². The van der Waals surface area contributed by atoms with E-state index in [-0.39, 0.29) is 29.9 Å². The number of hydrogen-bond donors (Lipinski definition) is 3. The molecule has 0 aromatic heterocycles. The molecule has 1 saturated carbocycles. The fourth-order valence-electron chi connectivity index (χ4n) is 3.10. The molecule has 1 fully saturated rings. The molecule has 1 unspecified atom stereocenters. The van der Waals surface area contributed by atoms with Gasteiger partial charge in [0.15, 0.2) is 0 Å². The molecule has 0 bridgehead atoms. The minimum Gasteiger partial charge on any atom is -0.478 e. The third-order valence-corrected chi connectivity index (χ3v) is 4.35. The summed E-state index contributed by atoms with van der Waals surface area (Å²) >= 11 is 0. The van der Waals surface area contributed by atoms with E-state index >= 15 is 0 Å². The molecule has 4 N–H and O–H groups in total. The van der Waals surface area contributed by atoms with Crippen LogP contribution in [-0.4, -0.2) is 28.9 Å². The van der Waals surface area contributed by atoms with Gasteiger partial charge < -0.3 is 16.2 Å². The summed E-state index contributed by atoms with van der Waals surface area (Å²) in [5, 5.41) is 11.8. The molecule has 1 atom stereocenters. The first kappa shape index (κ1) is 17.0. The second kappa shape index (κ2) is 7.76. The predicted molar refractivity (Wildman–Crippen MR) is 85.0 cm³/mol. The lowest BCUT2D eigenvalue weighted by atomic mass is 9.82. The van der Waals surface area contributed by atoms with Gasteiger partial charge in [-0.15, -0.1) is 0 Å². The van der Waals surface area contributed by atoms with Crippen LogP contribution in [0.4, 0.5) is 0 Å². The summed E-state index contributed by atoms with van der Waals surface area (Å²) in [7, 11) is 0. The molecule has 0 radical (unpaired) electrons. The van der Waals surface area contributed by atoms with Gasteiger partial charge in [-0.3, -0.25) is 9.59 Å². The first-order valence-electron chi connectivity index (χ1n) is 7.90. The normalized spacial score (nSPS) is 16.5. The van der Waals surface area contributed by atoms with E-state index in [9.17, 15) is 14.4 Å². The van der Waals surface area contributed by atoms with Gasteiger partial charge in [-0.1, -0.05) is 19.3 Å². The summed E-state index contributed by atoms with van der Waals surface area (Å²) in [5.74, 6) is -1.51. The molecular weight excluding hydrogens is 296 g/mol. The summed E-state index contributed by atoms with van der Waals surface area (Å²) in [6, 6.07) is 5.46. The summed E-state index contributed by atoms with van der Waals surface area (Å²) in [4.78, 5) is 34.5. The van der Waals surface area contributed by atoms with E-state index in [1.54, 1.807) is 0 Å². The third kappa shape index (κ3) is 4.81. The Morgan fingerprint density at radius 3 is 2.17 bits per heavy atom. The van der Waals surface area contributed by atoms with E-state index in [1.165, 1.54) is 30.7 Å². The van der Waals surface area contributed by atoms with Crippen molar-refractivity contribution in [2.75, 3.05) is 0 Å². The first-order chi connectivity index (χ1) is 11.0. The van der Waals surface area contributed by atoms with Crippen molar-refractivity contribution in [1.29, 1.82) is 0 Å². The van der Waals surface area contributed by atoms with E-state index in [2.05, 4.69) is 5.32 Å². The summed E-state index contributed by atoms with van der Waals surface area (Å²) in [6.45, 7) is 0. The van der Waals surface area contributed by atoms with Gasteiger partial charge in [-0.05, 0) is 43.0 Å². The number of carbonyl (C=O) groups excluding carboxylic acids is 2. The predicted octanol–water partition coefficient (Wildman–Crippen LogP) is 1.94. The van der Waals surface area contributed by atoms with Gasteiger partial charge in [0.25, 0.3) is 5.91 Å². The fourth-order valence-corrected chi connectivity index (χ4v) is 3.10. The van der Waals surface area contributed by atoms with E-state index in [0.29, 0.717) is 5.56 Å². The number of carboxylic acid groups (broad SMARTS) is 1. The Labute approximate surface area is 135 Å². The Kier molecular flexibility index (Phi) is 5.73. The van der Waals surface area contributed by atoms with Crippen molar-refractivity contribution in [2.45, 2.75) is 44.6 Å². The van der Waals surface area contributed by atoms with Gasteiger partial charge in [0.1, 0.15) is 0 Å². The lowest BCUT2D eigenvalue weighted by molar-refractivity contribution is -0.118.